The Labute approximate surface area is 363 Å². The Morgan fingerprint density at radius 2 is 0.759 bits per heavy atom. The van der Waals surface area contributed by atoms with E-state index in [0.717, 1.165) is 89.6 Å². The molecule has 0 saturated heterocycles. The van der Waals surface area contributed by atoms with Gasteiger partial charge in [0.15, 0.2) is 0 Å². The smallest absolute Gasteiger partial charge is 0.308 e. The molecular weight excluding hydrogens is 717 g/mol. The summed E-state index contributed by atoms with van der Waals surface area (Å²) in [6.07, 6.45) is 41.7. The molecule has 0 aliphatic rings. The lowest BCUT2D eigenvalue weighted by Crippen LogP contribution is -2.38. The van der Waals surface area contributed by atoms with Crippen molar-refractivity contribution in [2.24, 2.45) is 11.8 Å². The molecule has 346 valence electrons. The fourth-order valence-corrected chi connectivity index (χ4v) is 8.63. The minimum absolute atomic E-state index is 0.0490. The number of unbranched alkanes of at least 4 members (excludes halogenated alkanes) is 20. The molecule has 58 heavy (non-hydrogen) atoms. The van der Waals surface area contributed by atoms with Gasteiger partial charge in [0, 0.05) is 6.04 Å². The third-order valence-electron chi connectivity index (χ3n) is 12.7. The summed E-state index contributed by atoms with van der Waals surface area (Å²) in [4.78, 5) is 30.5. The quantitative estimate of drug-likeness (QED) is 0.0450. The minimum atomic E-state index is 0.0490. The van der Waals surface area contributed by atoms with Crippen molar-refractivity contribution in [1.82, 2.24) is 9.80 Å². The third kappa shape index (κ3) is 34.6. The molecule has 6 heteroatoms. The SMILES string of the molecule is CCCCCCCCCN(CCCN(C)CC)C(CCCCCCCCCOC(=O)C(CCC)CCCC)CCCCCCCCCOC(=O)C(CCC)CCCC. The highest BCUT2D eigenvalue weighted by atomic mass is 16.5. The summed E-state index contributed by atoms with van der Waals surface area (Å²) >= 11 is 0. The Bertz CT molecular complexity index is 818. The van der Waals surface area contributed by atoms with Gasteiger partial charge in [-0.15, -0.1) is 0 Å². The number of esters is 2. The van der Waals surface area contributed by atoms with Gasteiger partial charge in [-0.2, -0.15) is 0 Å². The second kappa shape index (κ2) is 43.9. The molecule has 6 nitrogen and oxygen atoms in total. The fraction of sp³-hybridized carbons (Fsp3) is 0.962. The van der Waals surface area contributed by atoms with Crippen LogP contribution in [0.1, 0.15) is 260 Å². The molecule has 2 atom stereocenters. The summed E-state index contributed by atoms with van der Waals surface area (Å²) in [6, 6.07) is 0.721. The van der Waals surface area contributed by atoms with Crippen LogP contribution in [0.3, 0.4) is 0 Å². The van der Waals surface area contributed by atoms with E-state index >= 15 is 0 Å². The van der Waals surface area contributed by atoms with Crippen molar-refractivity contribution in [1.29, 1.82) is 0 Å². The zero-order valence-electron chi connectivity index (χ0n) is 40.5. The summed E-state index contributed by atoms with van der Waals surface area (Å²) in [5.41, 5.74) is 0. The van der Waals surface area contributed by atoms with E-state index < -0.39 is 0 Å². The molecule has 0 aliphatic carbocycles. The Kier molecular flexibility index (Phi) is 43.1. The van der Waals surface area contributed by atoms with E-state index in [0.29, 0.717) is 13.2 Å². The molecule has 0 rings (SSSR count). The molecule has 0 aliphatic heterocycles. The van der Waals surface area contributed by atoms with Crippen LogP contribution in [-0.2, 0) is 19.1 Å². The van der Waals surface area contributed by atoms with E-state index in [1.807, 2.05) is 0 Å². The Morgan fingerprint density at radius 1 is 0.379 bits per heavy atom. The van der Waals surface area contributed by atoms with Crippen LogP contribution in [0.5, 0.6) is 0 Å². The first-order valence-corrected chi connectivity index (χ1v) is 26.1. The molecule has 0 aromatic heterocycles. The van der Waals surface area contributed by atoms with Crippen LogP contribution in [0.25, 0.3) is 0 Å². The molecule has 0 bridgehead atoms. The van der Waals surface area contributed by atoms with Gasteiger partial charge in [0.1, 0.15) is 0 Å². The van der Waals surface area contributed by atoms with E-state index in [1.54, 1.807) is 0 Å². The molecule has 2 unspecified atom stereocenters. The molecule has 0 aromatic rings. The summed E-state index contributed by atoms with van der Waals surface area (Å²) in [5.74, 6) is 0.315. The molecule has 0 spiro atoms. The predicted molar refractivity (Wildman–Crippen MR) is 253 cm³/mol. The molecule has 0 aromatic carbocycles. The largest absolute Gasteiger partial charge is 0.465 e. The minimum Gasteiger partial charge on any atom is -0.465 e. The van der Waals surface area contributed by atoms with Crippen molar-refractivity contribution in [3.05, 3.63) is 0 Å². The van der Waals surface area contributed by atoms with Gasteiger partial charge in [0.25, 0.3) is 0 Å². The number of carbonyl (C=O) groups excluding carboxylic acids is 2. The van der Waals surface area contributed by atoms with Crippen molar-refractivity contribution in [2.45, 2.75) is 266 Å². The second-order valence-electron chi connectivity index (χ2n) is 18.2. The normalized spacial score (nSPS) is 13.3. The first-order chi connectivity index (χ1) is 28.4. The summed E-state index contributed by atoms with van der Waals surface area (Å²) < 4.78 is 11.4. The van der Waals surface area contributed by atoms with Gasteiger partial charge in [-0.1, -0.05) is 196 Å². The first-order valence-electron chi connectivity index (χ1n) is 26.1. The Balaban J connectivity index is 4.82. The number of hydrogen-bond acceptors (Lipinski definition) is 6. The average Bonchev–Trinajstić information content (AvgIpc) is 3.23. The summed E-state index contributed by atoms with van der Waals surface area (Å²) in [6.45, 7) is 19.4. The monoisotopic (exact) mass is 821 g/mol. The lowest BCUT2D eigenvalue weighted by Gasteiger charge is -2.33. The van der Waals surface area contributed by atoms with E-state index in [9.17, 15) is 9.59 Å². The van der Waals surface area contributed by atoms with E-state index in [1.165, 1.54) is 161 Å². The number of ether oxygens (including phenoxy) is 2. The lowest BCUT2D eigenvalue weighted by molar-refractivity contribution is -0.150. The number of carbonyl (C=O) groups is 2. The van der Waals surface area contributed by atoms with Crippen LogP contribution >= 0.6 is 0 Å². The second-order valence-corrected chi connectivity index (χ2v) is 18.2. The molecule has 0 N–H and O–H groups in total. The van der Waals surface area contributed by atoms with Crippen molar-refractivity contribution >= 4 is 11.9 Å². The summed E-state index contributed by atoms with van der Waals surface area (Å²) in [5, 5.41) is 0. The molecule has 0 amide bonds. The maximum absolute atomic E-state index is 12.6. The van der Waals surface area contributed by atoms with E-state index in [4.69, 9.17) is 9.47 Å². The molecule has 0 heterocycles. The third-order valence-corrected chi connectivity index (χ3v) is 12.7. The van der Waals surface area contributed by atoms with Crippen LogP contribution < -0.4 is 0 Å². The Morgan fingerprint density at radius 3 is 1.17 bits per heavy atom. The van der Waals surface area contributed by atoms with Gasteiger partial charge < -0.3 is 19.3 Å². The molecule has 0 radical (unpaired) electrons. The van der Waals surface area contributed by atoms with Gasteiger partial charge in [-0.3, -0.25) is 9.59 Å². The highest BCUT2D eigenvalue weighted by Crippen LogP contribution is 2.22. The van der Waals surface area contributed by atoms with Gasteiger partial charge >= 0.3 is 11.9 Å². The van der Waals surface area contributed by atoms with Crippen molar-refractivity contribution < 1.29 is 19.1 Å². The Hall–Kier alpha value is -1.14. The van der Waals surface area contributed by atoms with Gasteiger partial charge in [-0.25, -0.2) is 0 Å². The zero-order valence-corrected chi connectivity index (χ0v) is 40.5. The van der Waals surface area contributed by atoms with Crippen LogP contribution in [0, 0.1) is 11.8 Å². The summed E-state index contributed by atoms with van der Waals surface area (Å²) in [7, 11) is 2.27. The highest BCUT2D eigenvalue weighted by Gasteiger charge is 2.20. The van der Waals surface area contributed by atoms with E-state index in [-0.39, 0.29) is 23.8 Å². The zero-order chi connectivity index (χ0) is 42.7. The van der Waals surface area contributed by atoms with Crippen molar-refractivity contribution in [2.75, 3.05) is 46.4 Å². The lowest BCUT2D eigenvalue weighted by atomic mass is 9.97. The van der Waals surface area contributed by atoms with Gasteiger partial charge in [0.2, 0.25) is 0 Å². The van der Waals surface area contributed by atoms with Crippen molar-refractivity contribution in [3.8, 4) is 0 Å². The van der Waals surface area contributed by atoms with Crippen molar-refractivity contribution in [3.63, 3.8) is 0 Å². The standard InChI is InChI=1S/C52H104N2O4/c1-8-14-17-18-23-28-33-44-54(45-36-43-53(7)13-6)50(41-31-26-21-19-24-29-34-46-57-51(55)48(37-11-4)39-15-9-2)42-32-27-22-20-25-30-35-47-58-52(56)49(38-12-5)40-16-10-3/h48-50H,8-47H2,1-7H3. The van der Waals surface area contributed by atoms with Crippen LogP contribution in [-0.4, -0.2) is 74.2 Å². The fourth-order valence-electron chi connectivity index (χ4n) is 8.63. The number of rotatable bonds is 46. The van der Waals surface area contributed by atoms with Gasteiger partial charge in [0.05, 0.1) is 25.0 Å². The van der Waals surface area contributed by atoms with Crippen LogP contribution in [0.2, 0.25) is 0 Å². The number of hydrogen-bond donors (Lipinski definition) is 0. The van der Waals surface area contributed by atoms with E-state index in [2.05, 4.69) is 58.4 Å². The maximum atomic E-state index is 12.6. The van der Waals surface area contributed by atoms with Crippen LogP contribution in [0.15, 0.2) is 0 Å². The molecule has 0 fully saturated rings. The maximum Gasteiger partial charge on any atom is 0.308 e. The average molecular weight is 821 g/mol. The van der Waals surface area contributed by atoms with Gasteiger partial charge in [-0.05, 0) is 97.4 Å². The molecule has 0 saturated carbocycles. The molecular formula is C52H104N2O4. The first kappa shape index (κ1) is 56.9. The predicted octanol–water partition coefficient (Wildman–Crippen LogP) is 15.3. The van der Waals surface area contributed by atoms with Crippen LogP contribution in [0.4, 0.5) is 0 Å². The number of nitrogens with zero attached hydrogens (tertiary/aromatic N) is 2. The highest BCUT2D eigenvalue weighted by molar-refractivity contribution is 5.72. The topological polar surface area (TPSA) is 59.1 Å².